The van der Waals surface area contributed by atoms with E-state index in [9.17, 15) is 9.59 Å². The molecule has 0 saturated heterocycles. The van der Waals surface area contributed by atoms with E-state index in [4.69, 9.17) is 4.98 Å². The number of carbonyl (C=O) groups is 1. The minimum Gasteiger partial charge on any atom is -0.326 e. The summed E-state index contributed by atoms with van der Waals surface area (Å²) in [7, 11) is 0. The largest absolute Gasteiger partial charge is 0.326 e. The first kappa shape index (κ1) is 21.0. The number of aromatic nitrogens is 4. The number of fused-ring (bicyclic) bond motifs is 2. The number of thioether (sulfide) groups is 1. The number of anilines is 1. The Hall–Kier alpha value is -2.91. The van der Waals surface area contributed by atoms with Crippen molar-refractivity contribution >= 4 is 50.3 Å². The highest BCUT2D eigenvalue weighted by atomic mass is 79.9. The molecule has 0 spiro atoms. The lowest BCUT2D eigenvalue weighted by atomic mass is 10.1. The fourth-order valence-electron chi connectivity index (χ4n) is 3.96. The van der Waals surface area contributed by atoms with Crippen LogP contribution in [0, 0.1) is 13.8 Å². The zero-order valence-corrected chi connectivity index (χ0v) is 19.9. The Morgan fingerprint density at radius 2 is 2.00 bits per heavy atom. The molecule has 5 rings (SSSR count). The Kier molecular flexibility index (Phi) is 5.38. The van der Waals surface area contributed by atoms with Gasteiger partial charge in [-0.15, -0.1) is 0 Å². The quantitative estimate of drug-likeness (QED) is 0.405. The highest BCUT2D eigenvalue weighted by molar-refractivity contribution is 9.10. The Morgan fingerprint density at radius 1 is 1.22 bits per heavy atom. The zero-order valence-electron chi connectivity index (χ0n) is 17.5. The van der Waals surface area contributed by atoms with Gasteiger partial charge in [-0.2, -0.15) is 5.10 Å². The van der Waals surface area contributed by atoms with Crippen LogP contribution in [0.2, 0.25) is 0 Å². The van der Waals surface area contributed by atoms with E-state index in [1.165, 1.54) is 11.8 Å². The van der Waals surface area contributed by atoms with E-state index in [2.05, 4.69) is 32.4 Å². The average molecular weight is 510 g/mol. The topological polar surface area (TPSA) is 81.8 Å². The molecule has 1 atom stereocenters. The molecule has 4 aromatic rings. The van der Waals surface area contributed by atoms with Gasteiger partial charge in [-0.1, -0.05) is 45.4 Å². The van der Waals surface area contributed by atoms with E-state index >= 15 is 0 Å². The molecule has 0 bridgehead atoms. The molecule has 1 aliphatic rings. The Morgan fingerprint density at radius 3 is 2.75 bits per heavy atom. The lowest BCUT2D eigenvalue weighted by Gasteiger charge is -2.14. The highest BCUT2D eigenvalue weighted by Crippen LogP contribution is 2.34. The number of hydrogen-bond donors (Lipinski definition) is 1. The van der Waals surface area contributed by atoms with E-state index in [0.717, 1.165) is 27.0 Å². The van der Waals surface area contributed by atoms with Crippen molar-refractivity contribution in [3.05, 3.63) is 74.6 Å². The van der Waals surface area contributed by atoms with E-state index in [0.29, 0.717) is 21.9 Å². The third-order valence-corrected chi connectivity index (χ3v) is 7.13. The molecule has 1 unspecified atom stereocenters. The number of rotatable bonds is 4. The molecule has 2 aromatic carbocycles. The van der Waals surface area contributed by atoms with Gasteiger partial charge in [-0.05, 0) is 49.7 Å². The maximum absolute atomic E-state index is 13.3. The van der Waals surface area contributed by atoms with Gasteiger partial charge in [-0.25, -0.2) is 9.67 Å². The molecule has 1 aliphatic heterocycles. The average Bonchev–Trinajstić information content (AvgIpc) is 3.35. The summed E-state index contributed by atoms with van der Waals surface area (Å²) in [5.74, 6) is 0.489. The van der Waals surface area contributed by atoms with E-state index < -0.39 is 0 Å². The van der Waals surface area contributed by atoms with Gasteiger partial charge in [0.2, 0.25) is 5.91 Å². The number of halogens is 1. The van der Waals surface area contributed by atoms with Crippen LogP contribution in [0.3, 0.4) is 0 Å². The molecular weight excluding hydrogens is 490 g/mol. The highest BCUT2D eigenvalue weighted by Gasteiger charge is 2.29. The van der Waals surface area contributed by atoms with Crippen molar-refractivity contribution in [1.82, 2.24) is 19.3 Å². The molecule has 162 valence electrons. The van der Waals surface area contributed by atoms with Gasteiger partial charge in [0.15, 0.2) is 10.8 Å². The zero-order chi connectivity index (χ0) is 22.4. The molecule has 7 nitrogen and oxygen atoms in total. The normalized spacial score (nSPS) is 15.2. The van der Waals surface area contributed by atoms with Crippen LogP contribution in [0.4, 0.5) is 5.69 Å². The fourth-order valence-corrected chi connectivity index (χ4v) is 5.35. The van der Waals surface area contributed by atoms with Gasteiger partial charge in [0.05, 0.1) is 17.9 Å². The molecule has 1 N–H and O–H groups in total. The third-order valence-electron chi connectivity index (χ3n) is 5.50. The standard InChI is InChI=1S/C23H20BrN5O2S/c1-13-3-8-19(14(2)9-13)29-21-18(11-25-29)22(31)28-17(12-32-23(28)27-21)10-20(30)26-16-6-4-15(24)5-7-16/h3-9,11,17H,10,12H2,1-2H3,(H,26,30). The van der Waals surface area contributed by atoms with Gasteiger partial charge in [0, 0.05) is 22.3 Å². The van der Waals surface area contributed by atoms with Crippen molar-refractivity contribution in [3.8, 4) is 5.69 Å². The first-order valence-corrected chi connectivity index (χ1v) is 11.9. The summed E-state index contributed by atoms with van der Waals surface area (Å²) in [6, 6.07) is 13.2. The summed E-state index contributed by atoms with van der Waals surface area (Å²) in [6.07, 6.45) is 1.77. The summed E-state index contributed by atoms with van der Waals surface area (Å²) in [6.45, 7) is 4.06. The van der Waals surface area contributed by atoms with Crippen LogP contribution >= 0.6 is 27.7 Å². The fraction of sp³-hybridized carbons (Fsp3) is 0.217. The number of aryl methyl sites for hydroxylation is 2. The monoisotopic (exact) mass is 509 g/mol. The maximum Gasteiger partial charge on any atom is 0.265 e. The molecule has 9 heteroatoms. The Bertz CT molecular complexity index is 1410. The summed E-state index contributed by atoms with van der Waals surface area (Å²) >= 11 is 4.88. The molecule has 0 fully saturated rings. The van der Waals surface area contributed by atoms with Crippen molar-refractivity contribution in [2.75, 3.05) is 11.1 Å². The van der Waals surface area contributed by atoms with Crippen molar-refractivity contribution < 1.29 is 4.79 Å². The third kappa shape index (κ3) is 3.75. The molecular formula is C23H20BrN5O2S. The van der Waals surface area contributed by atoms with Crippen molar-refractivity contribution in [1.29, 1.82) is 0 Å². The van der Waals surface area contributed by atoms with Gasteiger partial charge in [0.1, 0.15) is 5.39 Å². The molecule has 0 radical (unpaired) electrons. The van der Waals surface area contributed by atoms with Crippen LogP contribution in [0.5, 0.6) is 0 Å². The second-order valence-corrected chi connectivity index (χ2v) is 9.78. The van der Waals surface area contributed by atoms with Gasteiger partial charge < -0.3 is 5.32 Å². The first-order valence-electron chi connectivity index (χ1n) is 10.2. The van der Waals surface area contributed by atoms with Gasteiger partial charge in [0.25, 0.3) is 5.56 Å². The van der Waals surface area contributed by atoms with Gasteiger partial charge >= 0.3 is 0 Å². The first-order chi connectivity index (χ1) is 15.4. The number of nitrogens with zero attached hydrogens (tertiary/aromatic N) is 4. The second kappa shape index (κ2) is 8.22. The molecule has 0 saturated carbocycles. The summed E-state index contributed by atoms with van der Waals surface area (Å²) in [5.41, 5.74) is 4.23. The van der Waals surface area contributed by atoms with Crippen molar-refractivity contribution in [2.45, 2.75) is 31.5 Å². The molecule has 2 aromatic heterocycles. The lowest BCUT2D eigenvalue weighted by molar-refractivity contribution is -0.116. The Labute approximate surface area is 197 Å². The predicted molar refractivity (Wildman–Crippen MR) is 130 cm³/mol. The molecule has 32 heavy (non-hydrogen) atoms. The predicted octanol–water partition coefficient (Wildman–Crippen LogP) is 4.64. The van der Waals surface area contributed by atoms with E-state index in [1.54, 1.807) is 15.4 Å². The number of amides is 1. The van der Waals surface area contributed by atoms with Gasteiger partial charge in [-0.3, -0.25) is 14.2 Å². The van der Waals surface area contributed by atoms with Crippen molar-refractivity contribution in [2.24, 2.45) is 0 Å². The van der Waals surface area contributed by atoms with Crippen LogP contribution in [0.15, 0.2) is 63.1 Å². The van der Waals surface area contributed by atoms with Crippen LogP contribution in [0.1, 0.15) is 23.6 Å². The van der Waals surface area contributed by atoms with Crippen LogP contribution in [0.25, 0.3) is 16.7 Å². The maximum atomic E-state index is 13.3. The van der Waals surface area contributed by atoms with E-state index in [-0.39, 0.29) is 23.9 Å². The second-order valence-electron chi connectivity index (χ2n) is 7.88. The number of carbonyl (C=O) groups excluding carboxylic acids is 1. The minimum atomic E-state index is -0.251. The minimum absolute atomic E-state index is 0.135. The summed E-state index contributed by atoms with van der Waals surface area (Å²) < 4.78 is 4.31. The van der Waals surface area contributed by atoms with Crippen LogP contribution in [-0.4, -0.2) is 31.0 Å². The molecule has 1 amide bonds. The number of hydrogen-bond acceptors (Lipinski definition) is 5. The summed E-state index contributed by atoms with van der Waals surface area (Å²) in [5, 5.41) is 8.43. The summed E-state index contributed by atoms with van der Waals surface area (Å²) in [4.78, 5) is 30.7. The number of nitrogens with one attached hydrogen (secondary N) is 1. The molecule has 0 aliphatic carbocycles. The van der Waals surface area contributed by atoms with Crippen LogP contribution in [-0.2, 0) is 4.79 Å². The smallest absolute Gasteiger partial charge is 0.265 e. The SMILES string of the molecule is Cc1ccc(-n2ncc3c(=O)n4c(nc32)SCC4CC(=O)Nc2ccc(Br)cc2)c(C)c1. The van der Waals surface area contributed by atoms with Crippen molar-refractivity contribution in [3.63, 3.8) is 0 Å². The van der Waals surface area contributed by atoms with E-state index in [1.807, 2.05) is 50.2 Å². The molecule has 3 heterocycles. The Balaban J connectivity index is 1.46. The number of benzene rings is 2. The lowest BCUT2D eigenvalue weighted by Crippen LogP contribution is -2.27. The van der Waals surface area contributed by atoms with Crippen LogP contribution < -0.4 is 10.9 Å².